The molecule has 4 fully saturated rings. The number of anilines is 6. The highest BCUT2D eigenvalue weighted by Gasteiger charge is 2.64. The summed E-state index contributed by atoms with van der Waals surface area (Å²) in [5.74, 6) is -9.39. The molecule has 4 aliphatic rings. The number of nitrogen functional groups attached to an aromatic ring is 6. The zero-order chi connectivity index (χ0) is 104. The van der Waals surface area contributed by atoms with Gasteiger partial charge in [-0.3, -0.25) is 29.8 Å². The third-order valence-electron chi connectivity index (χ3n) is 20.9. The Bertz CT molecular complexity index is 5800. The molecule has 12 rings (SSSR count). The van der Waals surface area contributed by atoms with Gasteiger partial charge >= 0.3 is 80.3 Å². The predicted molar refractivity (Wildman–Crippen MR) is 510 cm³/mol. The number of halogens is 8. The van der Waals surface area contributed by atoms with Crippen LogP contribution in [0.3, 0.4) is 0 Å². The van der Waals surface area contributed by atoms with Gasteiger partial charge in [-0.25, -0.2) is 78.4 Å². The number of carbonyl (C=O) groups excluding carboxylic acids is 10. The second-order valence-electron chi connectivity index (χ2n) is 31.6. The van der Waals surface area contributed by atoms with Crippen LogP contribution in [0, 0.1) is 52.9 Å². The van der Waals surface area contributed by atoms with Crippen LogP contribution in [-0.4, -0.2) is 198 Å². The summed E-state index contributed by atoms with van der Waals surface area (Å²) in [6.45, 7) is 28.8. The number of benzene rings is 5. The van der Waals surface area contributed by atoms with E-state index >= 15 is 0 Å². The molecule has 0 aliphatic carbocycles. The zero-order valence-corrected chi connectivity index (χ0v) is 83.6. The topological polar surface area (TPSA) is 584 Å². The van der Waals surface area contributed by atoms with E-state index < -0.39 is 130 Å². The number of hydrogen-bond acceptors (Lipinski definition) is 37. The van der Waals surface area contributed by atoms with E-state index in [1.165, 1.54) is 82.9 Å². The van der Waals surface area contributed by atoms with Gasteiger partial charge in [0.15, 0.2) is 5.69 Å². The number of amides is 2. The van der Waals surface area contributed by atoms with Crippen molar-refractivity contribution in [3.8, 4) is 22.5 Å². The van der Waals surface area contributed by atoms with Gasteiger partial charge in [0.25, 0.3) is 0 Å². The van der Waals surface area contributed by atoms with Crippen molar-refractivity contribution >= 4 is 193 Å². The third-order valence-corrected chi connectivity index (χ3v) is 23.3. The molecule has 0 unspecified atom stereocenters. The van der Waals surface area contributed by atoms with E-state index in [0.717, 1.165) is 65.9 Å². The maximum absolute atomic E-state index is 13.9. The number of aromatic nitrogens is 3. The lowest BCUT2D eigenvalue weighted by Crippen LogP contribution is -2.41. The van der Waals surface area contributed by atoms with Crippen molar-refractivity contribution in [3.05, 3.63) is 206 Å². The quantitative estimate of drug-likeness (QED) is 0.00421. The summed E-state index contributed by atoms with van der Waals surface area (Å²) in [5, 5.41) is 21.7. The molecule has 137 heavy (non-hydrogen) atoms. The average molecular weight is 2210 g/mol. The van der Waals surface area contributed by atoms with E-state index in [2.05, 4.69) is 59.3 Å². The molecule has 4 aliphatic heterocycles. The first-order valence-electron chi connectivity index (χ1n) is 40.5. The summed E-state index contributed by atoms with van der Waals surface area (Å²) in [6.07, 6.45) is 0.781. The first kappa shape index (κ1) is 115. The Kier molecular flexibility index (Phi) is 41.2. The van der Waals surface area contributed by atoms with Crippen LogP contribution in [-0.2, 0) is 75.4 Å². The van der Waals surface area contributed by atoms with Crippen molar-refractivity contribution in [1.29, 1.82) is 0 Å². The lowest BCUT2D eigenvalue weighted by Gasteiger charge is -2.32. The Morgan fingerprint density at radius 3 is 1.09 bits per heavy atom. The number of hydrogen-bond donors (Lipinski definition) is 6. The fraction of sp³-hybridized carbons (Fsp3) is 0.360. The molecule has 4 saturated heterocycles. The molecule has 5 aromatic carbocycles. The highest BCUT2D eigenvalue weighted by Crippen LogP contribution is 2.44. The maximum atomic E-state index is 13.9. The van der Waals surface area contributed by atoms with Crippen LogP contribution < -0.4 is 39.9 Å². The summed E-state index contributed by atoms with van der Waals surface area (Å²) < 4.78 is 141. The van der Waals surface area contributed by atoms with E-state index in [-0.39, 0.29) is 161 Å². The standard InChI is InChI=1S/C16H14FN3O6.C16H16FN3O4.C14H19BFNO4.C12H24B2O4.C8H7BrN2O4.C8H7FINO2.C8H8FNO2.C4H4INO2/c1-3-26-16(22)14-12(20(23)24)5-4-11(19-14)9-6-8(17)7-10(13(9)18)15(21)25-2;1-3-24-16(22)14-11(18)4-5-12(20-14)9-6-8(17)7-10(13(9)19)15(21)23-2;1-13(2)14(3,4)21-15(20-13)10-7-8(16)6-9(11(10)17)12(18)19-5;1-9(2)10(3,4)16-13(15-9)14-17-11(5,6)12(7,8)18-14;1-2-15-8(12)7-5(11(13)14)3-4-6(9)10-7;1-13-8(12)5-2-4(9)3-6(10)7(5)11;1-12-8(11)6-4-5(9)2-3-7(6)10;5-6-3(7)1-2-4(6)8/h4-7H,3,18H2,1-2H3;4-7H,3,18-19H2,1-2H3;6-7H,17H2,1-5H3;1-8H3;3-4H,2H2,1H3;2-3H,11H2,1H3;2-4H,10H2,1H3;1-2H2. The second-order valence-corrected chi connectivity index (χ2v) is 34.5. The van der Waals surface area contributed by atoms with Gasteiger partial charge in [-0.1, -0.05) is 0 Å². The minimum atomic E-state index is -1.01. The molecule has 40 nitrogen and oxygen atoms in total. The van der Waals surface area contributed by atoms with Gasteiger partial charge in [-0.05, 0) is 233 Å². The van der Waals surface area contributed by atoms with Gasteiger partial charge in [0.05, 0.1) is 184 Å². The highest BCUT2D eigenvalue weighted by atomic mass is 127. The highest BCUT2D eigenvalue weighted by molar-refractivity contribution is 14.1. The van der Waals surface area contributed by atoms with Gasteiger partial charge in [0, 0.05) is 56.5 Å². The summed E-state index contributed by atoms with van der Waals surface area (Å²) in [7, 11) is 4.12. The summed E-state index contributed by atoms with van der Waals surface area (Å²) in [5.41, 5.74) is 30.7. The monoisotopic (exact) mass is 2210 g/mol. The Hall–Kier alpha value is -12.4. The van der Waals surface area contributed by atoms with Crippen LogP contribution in [0.25, 0.3) is 22.5 Å². The number of pyridine rings is 3. The Balaban J connectivity index is 0.000000282. The fourth-order valence-electron chi connectivity index (χ4n) is 11.5. The molecular weight excluding hydrogens is 2110 g/mol. The molecule has 0 saturated carbocycles. The number of esters is 8. The molecular formula is C86H99B3BrF5I2N12O28. The van der Waals surface area contributed by atoms with E-state index in [4.69, 9.17) is 71.8 Å². The minimum Gasteiger partial charge on any atom is -0.465 e. The molecule has 0 radical (unpaired) electrons. The Morgan fingerprint density at radius 2 is 0.723 bits per heavy atom. The smallest absolute Gasteiger partial charge is 0.465 e. The number of nitrogens with zero attached hydrogens (tertiary/aromatic N) is 6. The molecule has 0 bridgehead atoms. The molecule has 736 valence electrons. The lowest BCUT2D eigenvalue weighted by molar-refractivity contribution is -0.385. The maximum Gasteiger partial charge on any atom is 0.497 e. The van der Waals surface area contributed by atoms with Crippen LogP contribution in [0.15, 0.2) is 108 Å². The van der Waals surface area contributed by atoms with Gasteiger partial charge in [0.1, 0.15) is 33.7 Å². The number of carbonyl (C=O) groups is 10. The average Bonchev–Trinajstić information content (AvgIpc) is 1.59. The number of imide groups is 1. The normalized spacial score (nSPS) is 15.0. The number of ether oxygens (including phenoxy) is 8. The predicted octanol–water partition coefficient (Wildman–Crippen LogP) is 13.5. The van der Waals surface area contributed by atoms with Gasteiger partial charge < -0.3 is 100 Å². The minimum absolute atomic E-state index is 0.0174. The van der Waals surface area contributed by atoms with Crippen LogP contribution in [0.5, 0.6) is 0 Å². The molecule has 0 spiro atoms. The first-order chi connectivity index (χ1) is 63.6. The molecule has 12 N–H and O–H groups in total. The molecule has 7 heterocycles. The number of nitro groups is 2. The van der Waals surface area contributed by atoms with Crippen molar-refractivity contribution in [3.63, 3.8) is 0 Å². The van der Waals surface area contributed by atoms with E-state index in [1.54, 1.807) is 36.7 Å². The molecule has 8 aromatic rings. The van der Waals surface area contributed by atoms with Crippen molar-refractivity contribution in [2.75, 3.05) is 89.8 Å². The zero-order valence-electron chi connectivity index (χ0n) is 77.7. The number of methoxy groups -OCH3 is 5. The van der Waals surface area contributed by atoms with Crippen molar-refractivity contribution in [2.24, 2.45) is 0 Å². The lowest BCUT2D eigenvalue weighted by atomic mass is 9.49. The van der Waals surface area contributed by atoms with Crippen molar-refractivity contribution in [2.45, 2.75) is 150 Å². The van der Waals surface area contributed by atoms with Crippen LogP contribution in [0.2, 0.25) is 0 Å². The first-order valence-corrected chi connectivity index (χ1v) is 43.3. The molecule has 51 heteroatoms. The fourth-order valence-corrected chi connectivity index (χ4v) is 12.9. The van der Waals surface area contributed by atoms with Crippen LogP contribution in [0.1, 0.15) is 200 Å². The largest absolute Gasteiger partial charge is 0.497 e. The second kappa shape index (κ2) is 49.1. The van der Waals surface area contributed by atoms with Gasteiger partial charge in [0.2, 0.25) is 23.2 Å². The van der Waals surface area contributed by atoms with Crippen LogP contribution >= 0.6 is 61.4 Å². The number of nitrogens with two attached hydrogens (primary N) is 6. The SMILES string of the molecule is CC1(C)OB(B2OC(C)(C)C(C)(C)O2)OC1(C)C.CCOC(=O)c1nc(-c2cc(F)cc(C(=O)OC)c2N)ccc1N.CCOC(=O)c1nc(-c2cc(F)cc(C(=O)OC)c2N)ccc1[N+](=O)[O-].CCOC(=O)c1nc(Br)ccc1[N+](=O)[O-].COC(=O)c1cc(F)cc(B2OC(C)(C)C(C)(C)O2)c1N.COC(=O)c1cc(F)cc(I)c1N.COC(=O)c1cc(F)ccc1N.O=C1CCC(=O)N1I. The summed E-state index contributed by atoms with van der Waals surface area (Å²) in [6, 6.07) is 19.8. The van der Waals surface area contributed by atoms with E-state index in [9.17, 15) is 90.1 Å². The number of rotatable bonds is 17. The molecule has 0 atom stereocenters. The molecule has 3 aromatic heterocycles. The van der Waals surface area contributed by atoms with Gasteiger partial charge in [-0.2, -0.15) is 0 Å². The van der Waals surface area contributed by atoms with Gasteiger partial charge in [-0.15, -0.1) is 0 Å². The Morgan fingerprint density at radius 1 is 0.416 bits per heavy atom. The van der Waals surface area contributed by atoms with Crippen LogP contribution in [0.4, 0.5) is 67.5 Å². The Labute approximate surface area is 819 Å². The summed E-state index contributed by atoms with van der Waals surface area (Å²) in [4.78, 5) is 145. The molecule has 2 amide bonds. The van der Waals surface area contributed by atoms with E-state index in [1.807, 2.05) is 106 Å². The van der Waals surface area contributed by atoms with Crippen molar-refractivity contribution in [1.82, 2.24) is 18.1 Å². The van der Waals surface area contributed by atoms with Crippen molar-refractivity contribution < 1.29 is 146 Å². The summed E-state index contributed by atoms with van der Waals surface area (Å²) >= 11 is 6.59. The van der Waals surface area contributed by atoms with E-state index in [0.29, 0.717) is 21.0 Å². The third kappa shape index (κ3) is 29.6.